The van der Waals surface area contributed by atoms with Gasteiger partial charge in [-0.05, 0) is 25.0 Å². The quantitative estimate of drug-likeness (QED) is 0.856. The van der Waals surface area contributed by atoms with Crippen LogP contribution in [0.15, 0.2) is 43.0 Å². The molecule has 104 valence electrons. The molecule has 2 heterocycles. The Bertz CT molecular complexity index is 577. The van der Waals surface area contributed by atoms with E-state index >= 15 is 0 Å². The molecule has 1 aliphatic rings. The highest BCUT2D eigenvalue weighted by molar-refractivity contribution is 6.01. The zero-order chi connectivity index (χ0) is 13.8. The number of aryl methyl sites for hydroxylation is 1. The second kappa shape index (κ2) is 5.90. The summed E-state index contributed by atoms with van der Waals surface area (Å²) in [5.41, 5.74) is 1.98. The Labute approximate surface area is 119 Å². The molecule has 0 spiro atoms. The maximum Gasteiger partial charge on any atom is 0.165 e. The number of carbonyl (C=O) groups excluding carboxylic acids is 1. The van der Waals surface area contributed by atoms with Crippen molar-refractivity contribution in [2.75, 3.05) is 18.0 Å². The van der Waals surface area contributed by atoms with Crippen LogP contribution in [0.25, 0.3) is 0 Å². The minimum atomic E-state index is 0.276. The zero-order valence-electron chi connectivity index (χ0n) is 11.5. The highest BCUT2D eigenvalue weighted by Crippen LogP contribution is 2.26. The number of fused-ring (bicyclic) bond motifs is 1. The smallest absolute Gasteiger partial charge is 0.165 e. The van der Waals surface area contributed by atoms with Crippen molar-refractivity contribution < 1.29 is 4.79 Å². The maximum atomic E-state index is 12.1. The molecule has 0 N–H and O–H groups in total. The SMILES string of the molecule is O=C1CCCN(CCCn2ccnc2)c2ccccc21. The fraction of sp³-hybridized carbons (Fsp3) is 0.375. The topological polar surface area (TPSA) is 38.1 Å². The molecule has 0 bridgehead atoms. The molecule has 4 heteroatoms. The lowest BCUT2D eigenvalue weighted by atomic mass is 10.1. The molecule has 4 nitrogen and oxygen atoms in total. The van der Waals surface area contributed by atoms with Crippen LogP contribution in [0.1, 0.15) is 29.6 Å². The fourth-order valence-corrected chi connectivity index (χ4v) is 2.77. The van der Waals surface area contributed by atoms with E-state index in [1.807, 2.05) is 30.7 Å². The molecule has 0 amide bonds. The second-order valence-electron chi connectivity index (χ2n) is 5.18. The molecule has 0 aliphatic carbocycles. The number of benzene rings is 1. The molecule has 0 saturated carbocycles. The van der Waals surface area contributed by atoms with E-state index < -0.39 is 0 Å². The average Bonchev–Trinajstić information content (AvgIpc) is 2.93. The molecule has 0 radical (unpaired) electrons. The summed E-state index contributed by atoms with van der Waals surface area (Å²) in [5.74, 6) is 0.276. The van der Waals surface area contributed by atoms with Crippen LogP contribution in [0.5, 0.6) is 0 Å². The van der Waals surface area contributed by atoms with Gasteiger partial charge in [0.1, 0.15) is 0 Å². The number of Topliss-reactive ketones (excluding diaryl/α,β-unsaturated/α-hetero) is 1. The van der Waals surface area contributed by atoms with Crippen molar-refractivity contribution in [1.29, 1.82) is 0 Å². The number of anilines is 1. The lowest BCUT2D eigenvalue weighted by Crippen LogP contribution is -2.26. The molecule has 1 aromatic heterocycles. The van der Waals surface area contributed by atoms with Crippen LogP contribution in [0.4, 0.5) is 5.69 Å². The molecule has 0 fully saturated rings. The molecule has 0 saturated heterocycles. The number of rotatable bonds is 4. The fourth-order valence-electron chi connectivity index (χ4n) is 2.77. The summed E-state index contributed by atoms with van der Waals surface area (Å²) in [6.45, 7) is 2.90. The van der Waals surface area contributed by atoms with E-state index in [9.17, 15) is 4.79 Å². The summed E-state index contributed by atoms with van der Waals surface area (Å²) >= 11 is 0. The molecule has 0 unspecified atom stereocenters. The van der Waals surface area contributed by atoms with Gasteiger partial charge in [-0.2, -0.15) is 0 Å². The first-order valence-electron chi connectivity index (χ1n) is 7.17. The van der Waals surface area contributed by atoms with Crippen LogP contribution < -0.4 is 4.90 Å². The minimum Gasteiger partial charge on any atom is -0.371 e. The molecule has 20 heavy (non-hydrogen) atoms. The number of aromatic nitrogens is 2. The Morgan fingerprint density at radius 3 is 2.95 bits per heavy atom. The van der Waals surface area contributed by atoms with Crippen molar-refractivity contribution in [3.63, 3.8) is 0 Å². The third-order valence-electron chi connectivity index (χ3n) is 3.78. The Kier molecular flexibility index (Phi) is 3.81. The highest BCUT2D eigenvalue weighted by Gasteiger charge is 2.19. The van der Waals surface area contributed by atoms with E-state index in [1.54, 1.807) is 6.20 Å². The predicted molar refractivity (Wildman–Crippen MR) is 79.1 cm³/mol. The van der Waals surface area contributed by atoms with E-state index in [-0.39, 0.29) is 5.78 Å². The first-order valence-corrected chi connectivity index (χ1v) is 7.17. The summed E-state index contributed by atoms with van der Waals surface area (Å²) in [7, 11) is 0. The van der Waals surface area contributed by atoms with Crippen LogP contribution in [0, 0.1) is 0 Å². The van der Waals surface area contributed by atoms with Gasteiger partial charge in [0.15, 0.2) is 5.78 Å². The number of imidazole rings is 1. The first kappa shape index (κ1) is 12.9. The van der Waals surface area contributed by atoms with Gasteiger partial charge in [-0.1, -0.05) is 12.1 Å². The molecule has 0 atom stereocenters. The number of ketones is 1. The van der Waals surface area contributed by atoms with E-state index in [1.165, 1.54) is 0 Å². The zero-order valence-corrected chi connectivity index (χ0v) is 11.5. The molecule has 1 aliphatic heterocycles. The number of hydrogen-bond acceptors (Lipinski definition) is 3. The number of hydrogen-bond donors (Lipinski definition) is 0. The van der Waals surface area contributed by atoms with Gasteiger partial charge in [0.2, 0.25) is 0 Å². The Morgan fingerprint density at radius 1 is 1.20 bits per heavy atom. The molecular weight excluding hydrogens is 250 g/mol. The second-order valence-corrected chi connectivity index (χ2v) is 5.18. The Morgan fingerprint density at radius 2 is 2.10 bits per heavy atom. The van der Waals surface area contributed by atoms with Gasteiger partial charge >= 0.3 is 0 Å². The van der Waals surface area contributed by atoms with Crippen molar-refractivity contribution in [1.82, 2.24) is 9.55 Å². The normalized spacial score (nSPS) is 15.0. The van der Waals surface area contributed by atoms with Crippen LogP contribution in [-0.4, -0.2) is 28.4 Å². The maximum absolute atomic E-state index is 12.1. The highest BCUT2D eigenvalue weighted by atomic mass is 16.1. The number of para-hydroxylation sites is 1. The van der Waals surface area contributed by atoms with Gasteiger partial charge in [-0.3, -0.25) is 4.79 Å². The molecule has 2 aromatic rings. The number of carbonyl (C=O) groups is 1. The molecule has 3 rings (SSSR count). The van der Waals surface area contributed by atoms with Crippen molar-refractivity contribution in [3.05, 3.63) is 48.5 Å². The number of nitrogens with zero attached hydrogens (tertiary/aromatic N) is 3. The van der Waals surface area contributed by atoms with Gasteiger partial charge in [0.25, 0.3) is 0 Å². The van der Waals surface area contributed by atoms with E-state index in [0.717, 1.165) is 43.7 Å². The van der Waals surface area contributed by atoms with Crippen molar-refractivity contribution >= 4 is 11.5 Å². The molecular formula is C16H19N3O. The summed E-state index contributed by atoms with van der Waals surface area (Å²) < 4.78 is 2.09. The van der Waals surface area contributed by atoms with Crippen molar-refractivity contribution in [2.45, 2.75) is 25.8 Å². The molecule has 1 aromatic carbocycles. The van der Waals surface area contributed by atoms with Crippen LogP contribution in [-0.2, 0) is 6.54 Å². The van der Waals surface area contributed by atoms with E-state index in [0.29, 0.717) is 6.42 Å². The standard InChI is InChI=1S/C16H19N3O/c20-16-7-3-10-19(15-6-2-1-5-14(15)16)11-4-9-18-12-8-17-13-18/h1-2,5-6,8,12-13H,3-4,7,9-11H2. The van der Waals surface area contributed by atoms with Gasteiger partial charge in [0.05, 0.1) is 6.33 Å². The monoisotopic (exact) mass is 269 g/mol. The van der Waals surface area contributed by atoms with Crippen molar-refractivity contribution in [2.24, 2.45) is 0 Å². The van der Waals surface area contributed by atoms with Gasteiger partial charge in [-0.15, -0.1) is 0 Å². The van der Waals surface area contributed by atoms with Gasteiger partial charge in [-0.25, -0.2) is 4.98 Å². The van der Waals surface area contributed by atoms with Gasteiger partial charge < -0.3 is 9.47 Å². The van der Waals surface area contributed by atoms with E-state index in [4.69, 9.17) is 0 Å². The van der Waals surface area contributed by atoms with Gasteiger partial charge in [0, 0.05) is 49.7 Å². The predicted octanol–water partition coefficient (Wildman–Crippen LogP) is 2.76. The minimum absolute atomic E-state index is 0.276. The summed E-state index contributed by atoms with van der Waals surface area (Å²) in [4.78, 5) is 18.5. The third-order valence-corrected chi connectivity index (χ3v) is 3.78. The Balaban J connectivity index is 1.69. The van der Waals surface area contributed by atoms with Crippen LogP contribution in [0.3, 0.4) is 0 Å². The van der Waals surface area contributed by atoms with Crippen LogP contribution in [0.2, 0.25) is 0 Å². The first-order chi connectivity index (χ1) is 9.84. The van der Waals surface area contributed by atoms with Crippen molar-refractivity contribution in [3.8, 4) is 0 Å². The lowest BCUT2D eigenvalue weighted by molar-refractivity contribution is 0.0984. The summed E-state index contributed by atoms with van der Waals surface area (Å²) in [6, 6.07) is 7.98. The summed E-state index contributed by atoms with van der Waals surface area (Å²) in [5, 5.41) is 0. The Hall–Kier alpha value is -2.10. The largest absolute Gasteiger partial charge is 0.371 e. The van der Waals surface area contributed by atoms with E-state index in [2.05, 4.69) is 20.5 Å². The lowest BCUT2D eigenvalue weighted by Gasteiger charge is -2.24. The summed E-state index contributed by atoms with van der Waals surface area (Å²) in [6.07, 6.45) is 8.30. The average molecular weight is 269 g/mol. The van der Waals surface area contributed by atoms with Crippen LogP contribution >= 0.6 is 0 Å². The third kappa shape index (κ3) is 2.74.